The van der Waals surface area contributed by atoms with Crippen molar-refractivity contribution < 1.29 is 0 Å². The first-order valence-electron chi connectivity index (χ1n) is 7.71. The van der Waals surface area contributed by atoms with Crippen LogP contribution in [0.1, 0.15) is 37.6 Å². The van der Waals surface area contributed by atoms with Gasteiger partial charge in [-0.15, -0.1) is 11.6 Å². The molecular formula is C17H23ClN2. The van der Waals surface area contributed by atoms with Crippen molar-refractivity contribution in [3.8, 4) is 0 Å². The third kappa shape index (κ3) is 2.46. The van der Waals surface area contributed by atoms with Crippen molar-refractivity contribution >= 4 is 22.6 Å². The molecule has 2 unspecified atom stereocenters. The van der Waals surface area contributed by atoms with Crippen LogP contribution in [0.2, 0.25) is 0 Å². The Morgan fingerprint density at radius 2 is 2.20 bits per heavy atom. The predicted octanol–water partition coefficient (Wildman–Crippen LogP) is 4.56. The quantitative estimate of drug-likeness (QED) is 0.755. The number of aromatic nitrogens is 2. The van der Waals surface area contributed by atoms with E-state index in [4.69, 9.17) is 16.6 Å². The van der Waals surface area contributed by atoms with Crippen LogP contribution in [-0.4, -0.2) is 15.4 Å². The minimum absolute atomic E-state index is 0.641. The molecule has 0 saturated heterocycles. The summed E-state index contributed by atoms with van der Waals surface area (Å²) in [4.78, 5) is 4.85. The Hall–Kier alpha value is -1.02. The summed E-state index contributed by atoms with van der Waals surface area (Å²) in [6.07, 6.45) is 4.97. The van der Waals surface area contributed by atoms with Crippen LogP contribution in [-0.2, 0) is 13.0 Å². The van der Waals surface area contributed by atoms with Crippen LogP contribution in [0.5, 0.6) is 0 Å². The maximum Gasteiger partial charge on any atom is 0.111 e. The molecule has 0 bridgehead atoms. The zero-order chi connectivity index (χ0) is 14.1. The fourth-order valence-electron chi connectivity index (χ4n) is 3.54. The molecule has 1 fully saturated rings. The van der Waals surface area contributed by atoms with Gasteiger partial charge in [0.05, 0.1) is 11.0 Å². The number of aryl methyl sites for hydroxylation is 2. The van der Waals surface area contributed by atoms with Crippen molar-refractivity contribution in [1.29, 1.82) is 0 Å². The summed E-state index contributed by atoms with van der Waals surface area (Å²) in [6.45, 7) is 5.64. The molecule has 20 heavy (non-hydrogen) atoms. The van der Waals surface area contributed by atoms with Gasteiger partial charge in [-0.2, -0.15) is 0 Å². The first-order chi connectivity index (χ1) is 9.70. The lowest BCUT2D eigenvalue weighted by atomic mass is 9.98. The third-order valence-electron chi connectivity index (χ3n) is 4.83. The fraction of sp³-hybridized carbons (Fsp3) is 0.588. The molecule has 1 saturated carbocycles. The van der Waals surface area contributed by atoms with Crippen molar-refractivity contribution in [2.45, 2.75) is 46.1 Å². The molecule has 0 spiro atoms. The number of benzene rings is 1. The Labute approximate surface area is 126 Å². The van der Waals surface area contributed by atoms with Crippen molar-refractivity contribution in [3.05, 3.63) is 29.6 Å². The predicted molar refractivity (Wildman–Crippen MR) is 85.4 cm³/mol. The maximum atomic E-state index is 5.97. The van der Waals surface area contributed by atoms with E-state index in [0.29, 0.717) is 5.88 Å². The maximum absolute atomic E-state index is 5.97. The second-order valence-corrected chi connectivity index (χ2v) is 6.57. The normalized spacial score (nSPS) is 22.8. The minimum Gasteiger partial charge on any atom is -0.328 e. The number of halogens is 1. The molecule has 2 atom stereocenters. The molecule has 3 heteroatoms. The van der Waals surface area contributed by atoms with E-state index in [2.05, 4.69) is 36.6 Å². The molecule has 3 rings (SSSR count). The number of hydrogen-bond donors (Lipinski definition) is 0. The van der Waals surface area contributed by atoms with Gasteiger partial charge in [-0.1, -0.05) is 31.9 Å². The van der Waals surface area contributed by atoms with Crippen molar-refractivity contribution in [2.75, 3.05) is 5.88 Å². The van der Waals surface area contributed by atoms with E-state index in [0.717, 1.165) is 36.1 Å². The molecule has 0 aliphatic heterocycles. The van der Waals surface area contributed by atoms with Gasteiger partial charge >= 0.3 is 0 Å². The van der Waals surface area contributed by atoms with Gasteiger partial charge in [0.25, 0.3) is 0 Å². The van der Waals surface area contributed by atoms with Gasteiger partial charge in [0.15, 0.2) is 0 Å². The average Bonchev–Trinajstić information content (AvgIpc) is 2.98. The first-order valence-corrected chi connectivity index (χ1v) is 8.25. The van der Waals surface area contributed by atoms with E-state index in [1.54, 1.807) is 0 Å². The van der Waals surface area contributed by atoms with E-state index >= 15 is 0 Å². The molecule has 0 radical (unpaired) electrons. The van der Waals surface area contributed by atoms with Crippen molar-refractivity contribution in [2.24, 2.45) is 11.8 Å². The molecule has 1 aliphatic rings. The fourth-order valence-corrected chi connectivity index (χ4v) is 3.71. The summed E-state index contributed by atoms with van der Waals surface area (Å²) in [5, 5.41) is 0. The topological polar surface area (TPSA) is 17.8 Å². The lowest BCUT2D eigenvalue weighted by molar-refractivity contribution is 0.363. The number of nitrogens with zero attached hydrogens (tertiary/aromatic N) is 2. The van der Waals surface area contributed by atoms with E-state index < -0.39 is 0 Å². The third-order valence-corrected chi connectivity index (χ3v) is 5.02. The highest BCUT2D eigenvalue weighted by Gasteiger charge is 2.25. The van der Waals surface area contributed by atoms with Crippen LogP contribution < -0.4 is 0 Å². The van der Waals surface area contributed by atoms with E-state index in [1.165, 1.54) is 30.3 Å². The van der Waals surface area contributed by atoms with E-state index in [-0.39, 0.29) is 0 Å². The zero-order valence-electron chi connectivity index (χ0n) is 12.4. The molecule has 0 N–H and O–H groups in total. The number of imidazole rings is 1. The van der Waals surface area contributed by atoms with Gasteiger partial charge in [0.2, 0.25) is 0 Å². The molecule has 1 aromatic heterocycles. The largest absolute Gasteiger partial charge is 0.328 e. The van der Waals surface area contributed by atoms with Crippen molar-refractivity contribution in [1.82, 2.24) is 9.55 Å². The number of rotatable bonds is 4. The van der Waals surface area contributed by atoms with Gasteiger partial charge in [0.1, 0.15) is 5.82 Å². The monoisotopic (exact) mass is 290 g/mol. The van der Waals surface area contributed by atoms with Crippen molar-refractivity contribution in [3.63, 3.8) is 0 Å². The summed E-state index contributed by atoms with van der Waals surface area (Å²) >= 11 is 5.97. The second-order valence-electron chi connectivity index (χ2n) is 6.19. The van der Waals surface area contributed by atoms with Crippen LogP contribution in [0.15, 0.2) is 18.2 Å². The highest BCUT2D eigenvalue weighted by atomic mass is 35.5. The van der Waals surface area contributed by atoms with Gasteiger partial charge < -0.3 is 4.57 Å². The van der Waals surface area contributed by atoms with Crippen LogP contribution in [0.4, 0.5) is 0 Å². The van der Waals surface area contributed by atoms with Gasteiger partial charge in [-0.05, 0) is 36.8 Å². The van der Waals surface area contributed by atoms with Gasteiger partial charge in [-0.3, -0.25) is 0 Å². The molecular weight excluding hydrogens is 268 g/mol. The lowest BCUT2D eigenvalue weighted by Crippen LogP contribution is -2.15. The molecule has 108 valence electrons. The summed E-state index contributed by atoms with van der Waals surface area (Å²) in [6, 6.07) is 6.48. The highest BCUT2D eigenvalue weighted by molar-refractivity contribution is 6.17. The minimum atomic E-state index is 0.641. The molecule has 0 amide bonds. The number of hydrogen-bond acceptors (Lipinski definition) is 1. The first kappa shape index (κ1) is 13.9. The highest BCUT2D eigenvalue weighted by Crippen LogP contribution is 2.34. The summed E-state index contributed by atoms with van der Waals surface area (Å²) in [5.74, 6) is 3.43. The standard InChI is InChI=1S/C17H23ClN2/c1-12-5-3-7-14(12)11-20-15-8-4-6-13(2)17(15)19-16(20)9-10-18/h4,6,8,12,14H,3,5,7,9-11H2,1-2H3. The van der Waals surface area contributed by atoms with Gasteiger partial charge in [-0.25, -0.2) is 4.98 Å². The van der Waals surface area contributed by atoms with Crippen LogP contribution in [0.25, 0.3) is 11.0 Å². The van der Waals surface area contributed by atoms with E-state index in [9.17, 15) is 0 Å². The Balaban J connectivity index is 2.02. The number of alkyl halides is 1. The SMILES string of the molecule is Cc1cccc2c1nc(CCCl)n2CC1CCCC1C. The molecule has 1 heterocycles. The lowest BCUT2D eigenvalue weighted by Gasteiger charge is -2.18. The van der Waals surface area contributed by atoms with Crippen LogP contribution >= 0.6 is 11.6 Å². The molecule has 2 nitrogen and oxygen atoms in total. The van der Waals surface area contributed by atoms with Crippen LogP contribution in [0, 0.1) is 18.8 Å². The smallest absolute Gasteiger partial charge is 0.111 e. The summed E-state index contributed by atoms with van der Waals surface area (Å²) < 4.78 is 2.43. The van der Waals surface area contributed by atoms with E-state index in [1.807, 2.05) is 0 Å². The second kappa shape index (κ2) is 5.77. The molecule has 2 aromatic rings. The zero-order valence-corrected chi connectivity index (χ0v) is 13.2. The Morgan fingerprint density at radius 3 is 2.90 bits per heavy atom. The Bertz CT molecular complexity index is 602. The number of para-hydroxylation sites is 1. The average molecular weight is 291 g/mol. The Morgan fingerprint density at radius 1 is 1.35 bits per heavy atom. The molecule has 1 aromatic carbocycles. The Kier molecular flexibility index (Phi) is 4.02. The molecule has 1 aliphatic carbocycles. The van der Waals surface area contributed by atoms with Crippen LogP contribution in [0.3, 0.4) is 0 Å². The summed E-state index contributed by atoms with van der Waals surface area (Å²) in [5.41, 5.74) is 3.69. The van der Waals surface area contributed by atoms with Gasteiger partial charge in [0, 0.05) is 18.8 Å². The number of fused-ring (bicyclic) bond motifs is 1. The summed E-state index contributed by atoms with van der Waals surface area (Å²) in [7, 11) is 0.